The number of hydroxylamine groups is 2. The zero-order valence-corrected chi connectivity index (χ0v) is 16.9. The van der Waals surface area contributed by atoms with E-state index in [2.05, 4.69) is 0 Å². The molecule has 31 heavy (non-hydrogen) atoms. The molecule has 2 saturated heterocycles. The van der Waals surface area contributed by atoms with Gasteiger partial charge < -0.3 is 14.5 Å². The third kappa shape index (κ3) is 3.06. The minimum atomic E-state index is -4.43. The van der Waals surface area contributed by atoms with Crippen LogP contribution in [0.5, 0.6) is 5.75 Å². The summed E-state index contributed by atoms with van der Waals surface area (Å²) < 4.78 is 44.1. The maximum atomic E-state index is 12.8. The Hall–Kier alpha value is -2.78. The summed E-state index contributed by atoms with van der Waals surface area (Å²) in [4.78, 5) is 43.3. The first-order chi connectivity index (χ1) is 14.4. The van der Waals surface area contributed by atoms with Crippen molar-refractivity contribution in [1.29, 1.82) is 0 Å². The number of carbonyl (C=O) groups is 3. The normalized spacial score (nSPS) is 28.2. The Bertz CT molecular complexity index is 953. The number of alkyl halides is 3. The highest BCUT2D eigenvalue weighted by Gasteiger charge is 2.74. The molecule has 166 valence electrons. The smallest absolute Gasteiger partial charge is 0.434 e. The summed E-state index contributed by atoms with van der Waals surface area (Å²) in [5.41, 5.74) is -1.30. The lowest BCUT2D eigenvalue weighted by molar-refractivity contribution is -0.185. The number of hydrogen-bond donors (Lipinski definition) is 0. The molecule has 2 heterocycles. The van der Waals surface area contributed by atoms with Crippen LogP contribution in [0.2, 0.25) is 0 Å². The molecular formula is C21H21F3N2O5. The van der Waals surface area contributed by atoms with Gasteiger partial charge in [0.15, 0.2) is 0 Å². The van der Waals surface area contributed by atoms with Crippen molar-refractivity contribution in [3.05, 3.63) is 29.8 Å². The fraction of sp³-hybridized carbons (Fsp3) is 0.571. The van der Waals surface area contributed by atoms with Crippen molar-refractivity contribution in [3.63, 3.8) is 0 Å². The number of benzene rings is 1. The van der Waals surface area contributed by atoms with E-state index in [9.17, 15) is 27.6 Å². The topological polar surface area (TPSA) is 76.2 Å². The first-order valence-electron chi connectivity index (χ1n) is 10.1. The summed E-state index contributed by atoms with van der Waals surface area (Å²) in [6.07, 6.45) is -4.19. The summed E-state index contributed by atoms with van der Waals surface area (Å²) in [6.45, 7) is 4.46. The molecule has 0 aromatic heterocycles. The van der Waals surface area contributed by atoms with E-state index in [4.69, 9.17) is 9.57 Å². The van der Waals surface area contributed by atoms with Crippen LogP contribution in [0.15, 0.2) is 24.3 Å². The number of hydrogen-bond acceptors (Lipinski definition) is 5. The molecule has 2 aliphatic carbocycles. The number of rotatable bonds is 3. The average molecular weight is 438 g/mol. The van der Waals surface area contributed by atoms with Gasteiger partial charge >= 0.3 is 12.3 Å². The molecule has 2 aliphatic heterocycles. The van der Waals surface area contributed by atoms with Crippen LogP contribution >= 0.6 is 0 Å². The molecule has 4 aliphatic rings. The van der Waals surface area contributed by atoms with E-state index in [-0.39, 0.29) is 22.7 Å². The van der Waals surface area contributed by atoms with Gasteiger partial charge in [-0.15, -0.1) is 5.06 Å². The average Bonchev–Trinajstić information content (AvgIpc) is 3.10. The van der Waals surface area contributed by atoms with Crippen LogP contribution in [0.4, 0.5) is 18.0 Å². The highest BCUT2D eigenvalue weighted by atomic mass is 19.4. The quantitative estimate of drug-likeness (QED) is 0.678. The Balaban J connectivity index is 1.10. The lowest BCUT2D eigenvalue weighted by Gasteiger charge is -2.57. The number of imide groups is 1. The second kappa shape index (κ2) is 6.14. The maximum Gasteiger partial charge on any atom is 0.434 e. The first-order valence-corrected chi connectivity index (χ1v) is 10.1. The number of carbonyl (C=O) groups excluding carboxylic acids is 3. The van der Waals surface area contributed by atoms with Crippen LogP contribution in [0.1, 0.15) is 32.3 Å². The molecule has 1 aromatic carbocycles. The SMILES string of the molecule is CC1(C)C2C(=O)N(OC(=O)N3CC4(CC(Oc5cccc(C(F)(F)F)c5)C4)C3)C(=O)C21. The van der Waals surface area contributed by atoms with Crippen molar-refractivity contribution in [2.24, 2.45) is 22.7 Å². The Morgan fingerprint density at radius 3 is 2.29 bits per heavy atom. The zero-order chi connectivity index (χ0) is 22.3. The lowest BCUT2D eigenvalue weighted by Crippen LogP contribution is -2.66. The zero-order valence-electron chi connectivity index (χ0n) is 16.9. The molecule has 3 amide bonds. The number of likely N-dealkylation sites (tertiary alicyclic amines) is 1. The van der Waals surface area contributed by atoms with Gasteiger partial charge in [-0.3, -0.25) is 9.59 Å². The van der Waals surface area contributed by atoms with Crippen LogP contribution in [-0.4, -0.2) is 47.1 Å². The van der Waals surface area contributed by atoms with Crippen molar-refractivity contribution in [2.75, 3.05) is 13.1 Å². The number of nitrogens with zero attached hydrogens (tertiary/aromatic N) is 2. The predicted octanol–water partition coefficient (Wildman–Crippen LogP) is 3.24. The molecule has 5 rings (SSSR count). The summed E-state index contributed by atoms with van der Waals surface area (Å²) in [7, 11) is 0. The third-order valence-corrected chi connectivity index (χ3v) is 7.03. The van der Waals surface area contributed by atoms with E-state index in [1.807, 2.05) is 13.8 Å². The monoisotopic (exact) mass is 438 g/mol. The fourth-order valence-electron chi connectivity index (χ4n) is 5.22. The van der Waals surface area contributed by atoms with E-state index in [1.54, 1.807) is 0 Å². The van der Waals surface area contributed by atoms with Gasteiger partial charge in [0.1, 0.15) is 11.9 Å². The number of fused-ring (bicyclic) bond motifs is 1. The van der Waals surface area contributed by atoms with E-state index in [1.165, 1.54) is 17.0 Å². The van der Waals surface area contributed by atoms with Gasteiger partial charge in [-0.2, -0.15) is 13.2 Å². The Morgan fingerprint density at radius 2 is 1.71 bits per heavy atom. The molecule has 1 spiro atoms. The van der Waals surface area contributed by atoms with Gasteiger partial charge in [0.25, 0.3) is 11.8 Å². The van der Waals surface area contributed by atoms with Crippen molar-refractivity contribution < 1.29 is 37.1 Å². The molecular weight excluding hydrogens is 417 g/mol. The van der Waals surface area contributed by atoms with E-state index < -0.39 is 41.5 Å². The molecule has 7 nitrogen and oxygen atoms in total. The number of piperidine rings is 1. The van der Waals surface area contributed by atoms with Gasteiger partial charge in [-0.1, -0.05) is 19.9 Å². The first kappa shape index (κ1) is 20.1. The van der Waals surface area contributed by atoms with Crippen molar-refractivity contribution in [2.45, 2.75) is 39.0 Å². The van der Waals surface area contributed by atoms with E-state index in [0.717, 1.165) is 12.1 Å². The van der Waals surface area contributed by atoms with Crippen LogP contribution in [-0.2, 0) is 20.6 Å². The molecule has 10 heteroatoms. The molecule has 4 fully saturated rings. The molecule has 0 radical (unpaired) electrons. The van der Waals surface area contributed by atoms with Crippen molar-refractivity contribution in [1.82, 2.24) is 9.96 Å². The van der Waals surface area contributed by atoms with Crippen molar-refractivity contribution >= 4 is 17.9 Å². The number of halogens is 3. The number of ether oxygens (including phenoxy) is 1. The van der Waals surface area contributed by atoms with Gasteiger partial charge in [0.05, 0.1) is 17.4 Å². The van der Waals surface area contributed by atoms with Gasteiger partial charge in [0.2, 0.25) is 0 Å². The Morgan fingerprint density at radius 1 is 1.10 bits per heavy atom. The fourth-order valence-corrected chi connectivity index (χ4v) is 5.22. The summed E-state index contributed by atoms with van der Waals surface area (Å²) in [5.74, 6) is -1.62. The van der Waals surface area contributed by atoms with Crippen LogP contribution in [0.3, 0.4) is 0 Å². The van der Waals surface area contributed by atoms with Crippen molar-refractivity contribution in [3.8, 4) is 5.75 Å². The highest BCUT2D eigenvalue weighted by molar-refractivity contribution is 6.09. The second-order valence-corrected chi connectivity index (χ2v) is 9.63. The second-order valence-electron chi connectivity index (χ2n) is 9.63. The van der Waals surface area contributed by atoms with Gasteiger partial charge in [-0.25, -0.2) is 4.79 Å². The molecule has 2 saturated carbocycles. The molecule has 2 atom stereocenters. The van der Waals surface area contributed by atoms with Crippen LogP contribution in [0, 0.1) is 22.7 Å². The number of amides is 3. The molecule has 1 aromatic rings. The van der Waals surface area contributed by atoms with Gasteiger partial charge in [-0.05, 0) is 36.5 Å². The summed E-state index contributed by atoms with van der Waals surface area (Å²) in [6, 6.07) is 4.76. The standard InChI is InChI=1S/C21H21F3N2O5/c1-19(2)14-15(19)17(28)26(16(14)27)31-18(29)25-9-20(10-25)7-13(8-20)30-12-5-3-4-11(6-12)21(22,23)24/h3-6,13-15H,7-10H2,1-2H3. The summed E-state index contributed by atoms with van der Waals surface area (Å²) >= 11 is 0. The van der Waals surface area contributed by atoms with Crippen LogP contribution in [0.25, 0.3) is 0 Å². The minimum absolute atomic E-state index is 0.158. The third-order valence-electron chi connectivity index (χ3n) is 7.03. The van der Waals surface area contributed by atoms with Gasteiger partial charge in [0, 0.05) is 18.5 Å². The molecule has 0 bridgehead atoms. The summed E-state index contributed by atoms with van der Waals surface area (Å²) in [5, 5.41) is 0.592. The van der Waals surface area contributed by atoms with E-state index in [0.29, 0.717) is 31.0 Å². The van der Waals surface area contributed by atoms with E-state index >= 15 is 0 Å². The Kier molecular flexibility index (Phi) is 3.99. The minimum Gasteiger partial charge on any atom is -0.490 e. The predicted molar refractivity (Wildman–Crippen MR) is 98.2 cm³/mol. The Labute approximate surface area is 176 Å². The largest absolute Gasteiger partial charge is 0.490 e. The maximum absolute atomic E-state index is 12.8. The highest BCUT2D eigenvalue weighted by Crippen LogP contribution is 2.63. The molecule has 0 N–H and O–H groups in total. The lowest BCUT2D eigenvalue weighted by atomic mass is 9.62. The molecule has 2 unspecified atom stereocenters. The van der Waals surface area contributed by atoms with Crippen LogP contribution < -0.4 is 4.74 Å².